The van der Waals surface area contributed by atoms with Crippen LogP contribution in [0.3, 0.4) is 0 Å². The third-order valence-electron chi connectivity index (χ3n) is 3.71. The third kappa shape index (κ3) is 3.40. The number of amides is 1. The molecule has 1 heterocycles. The molecule has 1 N–H and O–H groups in total. The summed E-state index contributed by atoms with van der Waals surface area (Å²) < 4.78 is 1.20. The molecule has 0 saturated heterocycles. The molecule has 2 nitrogen and oxygen atoms in total. The van der Waals surface area contributed by atoms with Crippen molar-refractivity contribution in [3.63, 3.8) is 0 Å². The highest BCUT2D eigenvalue weighted by molar-refractivity contribution is 14.1. The van der Waals surface area contributed by atoms with Crippen LogP contribution in [0.25, 0.3) is 0 Å². The topological polar surface area (TPSA) is 29.1 Å². The largest absolute Gasteiger partial charge is 0.326 e. The van der Waals surface area contributed by atoms with Crippen molar-refractivity contribution in [1.29, 1.82) is 0 Å². The van der Waals surface area contributed by atoms with Gasteiger partial charge in [-0.3, -0.25) is 4.79 Å². The first kappa shape index (κ1) is 14.9. The van der Waals surface area contributed by atoms with E-state index in [2.05, 4.69) is 58.2 Å². The molecule has 0 saturated carbocycles. The van der Waals surface area contributed by atoms with E-state index in [1.54, 1.807) is 0 Å². The molecule has 1 aliphatic heterocycles. The molecule has 0 aromatic heterocycles. The van der Waals surface area contributed by atoms with Gasteiger partial charge < -0.3 is 5.32 Å². The lowest BCUT2D eigenvalue weighted by Gasteiger charge is -2.14. The molecule has 1 aliphatic rings. The van der Waals surface area contributed by atoms with Crippen LogP contribution in [0.2, 0.25) is 0 Å². The molecule has 1 unspecified atom stereocenters. The summed E-state index contributed by atoms with van der Waals surface area (Å²) in [4.78, 5) is 11.6. The second kappa shape index (κ2) is 6.36. The lowest BCUT2D eigenvalue weighted by Crippen LogP contribution is -2.09. The van der Waals surface area contributed by atoms with Crippen LogP contribution in [0.1, 0.15) is 34.9 Å². The van der Waals surface area contributed by atoms with Crippen LogP contribution in [0.15, 0.2) is 42.5 Å². The summed E-state index contributed by atoms with van der Waals surface area (Å²) in [6.07, 6.45) is 2.39. The van der Waals surface area contributed by atoms with Gasteiger partial charge in [-0.1, -0.05) is 24.3 Å². The summed E-state index contributed by atoms with van der Waals surface area (Å²) in [6.45, 7) is 0. The Labute approximate surface area is 143 Å². The highest BCUT2D eigenvalue weighted by Crippen LogP contribution is 2.32. The number of hydrogen-bond donors (Lipinski definition) is 1. The Bertz CT molecular complexity index is 669. The molecule has 2 aromatic rings. The summed E-state index contributed by atoms with van der Waals surface area (Å²) in [5.41, 5.74) is 4.27. The van der Waals surface area contributed by atoms with E-state index in [-0.39, 0.29) is 11.3 Å². The standard InChI is InChI=1S/C17H15ClINO/c18-17(11-4-7-14(19)8-5-11)13-6-9-15-12(10-13)2-1-3-16(21)20-15/h4-10,17H,1-3H2,(H,20,21). The van der Waals surface area contributed by atoms with Crippen LogP contribution < -0.4 is 5.32 Å². The number of benzene rings is 2. The predicted molar refractivity (Wildman–Crippen MR) is 94.9 cm³/mol. The number of rotatable bonds is 2. The molecular weight excluding hydrogens is 397 g/mol. The molecule has 0 bridgehead atoms. The van der Waals surface area contributed by atoms with Gasteiger partial charge in [-0.2, -0.15) is 0 Å². The average Bonchev–Trinajstić information content (AvgIpc) is 2.67. The Hall–Kier alpha value is -1.07. The molecular formula is C17H15ClINO. The Kier molecular flexibility index (Phi) is 4.50. The van der Waals surface area contributed by atoms with Gasteiger partial charge in [0.2, 0.25) is 5.91 Å². The maximum absolute atomic E-state index is 11.6. The lowest BCUT2D eigenvalue weighted by molar-refractivity contribution is -0.116. The SMILES string of the molecule is O=C1CCCc2cc(C(Cl)c3ccc(I)cc3)ccc2N1. The van der Waals surface area contributed by atoms with Crippen molar-refractivity contribution in [3.05, 3.63) is 62.7 Å². The highest BCUT2D eigenvalue weighted by Gasteiger charge is 2.16. The van der Waals surface area contributed by atoms with Crippen LogP contribution in [0.4, 0.5) is 5.69 Å². The molecule has 0 aliphatic carbocycles. The molecule has 0 radical (unpaired) electrons. The number of hydrogen-bond acceptors (Lipinski definition) is 1. The number of alkyl halides is 1. The predicted octanol–water partition coefficient (Wildman–Crippen LogP) is 4.89. The summed E-state index contributed by atoms with van der Waals surface area (Å²) in [7, 11) is 0. The number of carbonyl (C=O) groups is 1. The third-order valence-corrected chi connectivity index (χ3v) is 4.93. The number of fused-ring (bicyclic) bond motifs is 1. The summed E-state index contributed by atoms with van der Waals surface area (Å²) >= 11 is 8.89. The van der Waals surface area contributed by atoms with Crippen molar-refractivity contribution < 1.29 is 4.79 Å². The first-order valence-corrected chi connectivity index (χ1v) is 8.47. The van der Waals surface area contributed by atoms with Crippen LogP contribution in [-0.4, -0.2) is 5.91 Å². The minimum absolute atomic E-state index is 0.0987. The maximum atomic E-state index is 11.6. The number of carbonyl (C=O) groups excluding carboxylic acids is 1. The smallest absolute Gasteiger partial charge is 0.224 e. The summed E-state index contributed by atoms with van der Waals surface area (Å²) in [6, 6.07) is 14.3. The van der Waals surface area contributed by atoms with Gasteiger partial charge in [0.05, 0.1) is 5.38 Å². The zero-order chi connectivity index (χ0) is 14.8. The zero-order valence-electron chi connectivity index (χ0n) is 11.4. The summed E-state index contributed by atoms with van der Waals surface area (Å²) in [5.74, 6) is 0.0987. The van der Waals surface area contributed by atoms with Crippen LogP contribution in [0, 0.1) is 3.57 Å². The quantitative estimate of drug-likeness (QED) is 0.553. The normalized spacial score (nSPS) is 15.8. The Morgan fingerprint density at radius 2 is 1.76 bits per heavy atom. The van der Waals surface area contributed by atoms with E-state index in [9.17, 15) is 4.79 Å². The van der Waals surface area contributed by atoms with Crippen molar-refractivity contribution in [1.82, 2.24) is 0 Å². The average molecular weight is 412 g/mol. The molecule has 1 atom stereocenters. The minimum Gasteiger partial charge on any atom is -0.326 e. The fourth-order valence-corrected chi connectivity index (χ4v) is 3.22. The van der Waals surface area contributed by atoms with Crippen molar-refractivity contribution in [2.45, 2.75) is 24.6 Å². The van der Waals surface area contributed by atoms with E-state index in [0.29, 0.717) is 6.42 Å². The van der Waals surface area contributed by atoms with Crippen molar-refractivity contribution in [3.8, 4) is 0 Å². The van der Waals surface area contributed by atoms with Crippen LogP contribution >= 0.6 is 34.2 Å². The van der Waals surface area contributed by atoms with Gasteiger partial charge in [0.1, 0.15) is 0 Å². The molecule has 2 aromatic carbocycles. The molecule has 0 spiro atoms. The molecule has 108 valence electrons. The first-order valence-electron chi connectivity index (χ1n) is 6.96. The van der Waals surface area contributed by atoms with E-state index >= 15 is 0 Å². The molecule has 1 amide bonds. The van der Waals surface area contributed by atoms with Crippen molar-refractivity contribution in [2.75, 3.05) is 5.32 Å². The van der Waals surface area contributed by atoms with Gasteiger partial charge in [0.15, 0.2) is 0 Å². The van der Waals surface area contributed by atoms with E-state index in [4.69, 9.17) is 11.6 Å². The molecule has 21 heavy (non-hydrogen) atoms. The molecule has 0 fully saturated rings. The second-order valence-electron chi connectivity index (χ2n) is 5.23. The number of nitrogens with one attached hydrogen (secondary N) is 1. The molecule has 3 rings (SSSR count). The zero-order valence-corrected chi connectivity index (χ0v) is 14.3. The van der Waals surface area contributed by atoms with Crippen LogP contribution in [0.5, 0.6) is 0 Å². The van der Waals surface area contributed by atoms with E-state index < -0.39 is 0 Å². The van der Waals surface area contributed by atoms with Crippen LogP contribution in [-0.2, 0) is 11.2 Å². The second-order valence-corrected chi connectivity index (χ2v) is 6.91. The first-order chi connectivity index (χ1) is 10.1. The molecule has 4 heteroatoms. The van der Waals surface area contributed by atoms with Gasteiger partial charge in [-0.05, 0) is 70.3 Å². The Morgan fingerprint density at radius 1 is 1.05 bits per heavy atom. The Balaban J connectivity index is 1.91. The van der Waals surface area contributed by atoms with Gasteiger partial charge in [0.25, 0.3) is 0 Å². The van der Waals surface area contributed by atoms with Gasteiger partial charge in [-0.15, -0.1) is 11.6 Å². The highest BCUT2D eigenvalue weighted by atomic mass is 127. The maximum Gasteiger partial charge on any atom is 0.224 e. The fraction of sp³-hybridized carbons (Fsp3) is 0.235. The van der Waals surface area contributed by atoms with Gasteiger partial charge in [0, 0.05) is 15.7 Å². The monoisotopic (exact) mass is 411 g/mol. The number of anilines is 1. The Morgan fingerprint density at radius 3 is 2.52 bits per heavy atom. The van der Waals surface area contributed by atoms with Crippen molar-refractivity contribution in [2.24, 2.45) is 0 Å². The van der Waals surface area contributed by atoms with E-state index in [1.807, 2.05) is 12.1 Å². The summed E-state index contributed by atoms with van der Waals surface area (Å²) in [5, 5.41) is 2.79. The van der Waals surface area contributed by atoms with E-state index in [1.165, 1.54) is 9.13 Å². The lowest BCUT2D eigenvalue weighted by atomic mass is 9.99. The van der Waals surface area contributed by atoms with Crippen molar-refractivity contribution >= 4 is 45.8 Å². The van der Waals surface area contributed by atoms with Gasteiger partial charge >= 0.3 is 0 Å². The fourth-order valence-electron chi connectivity index (χ4n) is 2.58. The number of aryl methyl sites for hydroxylation is 1. The van der Waals surface area contributed by atoms with Gasteiger partial charge in [-0.25, -0.2) is 0 Å². The van der Waals surface area contributed by atoms with E-state index in [0.717, 1.165) is 29.7 Å². The minimum atomic E-state index is -0.161. The number of halogens is 2.